The molecule has 0 radical (unpaired) electrons. The molecule has 5 atom stereocenters. The van der Waals surface area contributed by atoms with E-state index in [0.717, 1.165) is 19.3 Å². The number of hydrogen-bond donors (Lipinski definition) is 0. The van der Waals surface area contributed by atoms with E-state index in [0.29, 0.717) is 23.1 Å². The van der Waals surface area contributed by atoms with Gasteiger partial charge in [-0.25, -0.2) is 4.79 Å². The van der Waals surface area contributed by atoms with Crippen LogP contribution >= 0.6 is 0 Å². The Bertz CT molecular complexity index is 1030. The zero-order valence-electron chi connectivity index (χ0n) is 17.2. The van der Waals surface area contributed by atoms with Gasteiger partial charge in [-0.05, 0) is 62.3 Å². The molecule has 3 aliphatic rings. The van der Waals surface area contributed by atoms with Gasteiger partial charge in [-0.2, -0.15) is 0 Å². The predicted octanol–water partition coefficient (Wildman–Crippen LogP) is 3.65. The van der Waals surface area contributed by atoms with Gasteiger partial charge in [0.1, 0.15) is 0 Å². The fourth-order valence-electron chi connectivity index (χ4n) is 5.53. The Labute approximate surface area is 180 Å². The molecule has 6 heteroatoms. The molecule has 2 amide bonds. The molecule has 0 aromatic heterocycles. The van der Waals surface area contributed by atoms with Crippen molar-refractivity contribution in [1.29, 1.82) is 0 Å². The smallest absolute Gasteiger partial charge is 0.338 e. The van der Waals surface area contributed by atoms with Crippen LogP contribution in [0.1, 0.15) is 46.9 Å². The van der Waals surface area contributed by atoms with E-state index in [9.17, 15) is 19.2 Å². The second kappa shape index (κ2) is 7.45. The van der Waals surface area contributed by atoms with Gasteiger partial charge in [0.25, 0.3) is 0 Å². The minimum atomic E-state index is -0.925. The van der Waals surface area contributed by atoms with Crippen LogP contribution < -0.4 is 4.90 Å². The van der Waals surface area contributed by atoms with Gasteiger partial charge in [-0.3, -0.25) is 19.3 Å². The predicted molar refractivity (Wildman–Crippen MR) is 112 cm³/mol. The minimum absolute atomic E-state index is 0.111. The molecule has 0 spiro atoms. The number of ketones is 1. The first kappa shape index (κ1) is 19.7. The van der Waals surface area contributed by atoms with Gasteiger partial charge in [-0.15, -0.1) is 0 Å². The molecule has 2 aromatic rings. The van der Waals surface area contributed by atoms with Crippen LogP contribution in [0.25, 0.3) is 0 Å². The molecule has 5 rings (SSSR count). The highest BCUT2D eigenvalue weighted by Gasteiger charge is 2.61. The number of carbonyl (C=O) groups excluding carboxylic acids is 4. The third-order valence-corrected chi connectivity index (χ3v) is 7.00. The van der Waals surface area contributed by atoms with Crippen LogP contribution in [0.4, 0.5) is 5.69 Å². The van der Waals surface area contributed by atoms with E-state index in [2.05, 4.69) is 0 Å². The Morgan fingerprint density at radius 3 is 2.03 bits per heavy atom. The second-order valence-electron chi connectivity index (χ2n) is 8.72. The summed E-state index contributed by atoms with van der Waals surface area (Å²) in [7, 11) is 0. The molecule has 0 N–H and O–H groups in total. The number of hydrogen-bond acceptors (Lipinski definition) is 5. The number of imide groups is 1. The van der Waals surface area contributed by atoms with Crippen molar-refractivity contribution in [3.8, 4) is 0 Å². The maximum atomic E-state index is 12.9. The lowest BCUT2D eigenvalue weighted by atomic mass is 9.81. The van der Waals surface area contributed by atoms with Crippen molar-refractivity contribution in [2.45, 2.75) is 32.3 Å². The quantitative estimate of drug-likeness (QED) is 0.421. The van der Waals surface area contributed by atoms with Gasteiger partial charge in [0.2, 0.25) is 17.6 Å². The third kappa shape index (κ3) is 3.17. The van der Waals surface area contributed by atoms with E-state index in [1.807, 2.05) is 6.07 Å². The third-order valence-electron chi connectivity index (χ3n) is 7.00. The highest BCUT2D eigenvalue weighted by molar-refractivity contribution is 6.22. The lowest BCUT2D eigenvalue weighted by Crippen LogP contribution is -2.32. The highest BCUT2D eigenvalue weighted by atomic mass is 16.5. The molecule has 2 aliphatic carbocycles. The molecule has 158 valence electrons. The maximum absolute atomic E-state index is 12.9. The number of benzene rings is 2. The molecule has 6 nitrogen and oxygen atoms in total. The van der Waals surface area contributed by atoms with Gasteiger partial charge in [0.15, 0.2) is 6.10 Å². The van der Waals surface area contributed by atoms with Crippen LogP contribution in [-0.4, -0.2) is 29.7 Å². The van der Waals surface area contributed by atoms with Crippen molar-refractivity contribution >= 4 is 29.3 Å². The molecular formula is C25H23NO5. The first-order chi connectivity index (χ1) is 15.0. The SMILES string of the molecule is C[C@H](OC(=O)c1ccc(N2C(=O)[C@@H]3[C@H]4CC[C@@H](C4)[C@H]3C2=O)cc1)C(=O)c1ccccc1. The van der Waals surface area contributed by atoms with Crippen molar-refractivity contribution in [3.05, 3.63) is 65.7 Å². The fourth-order valence-corrected chi connectivity index (χ4v) is 5.53. The average molecular weight is 417 g/mol. The molecule has 2 saturated carbocycles. The van der Waals surface area contributed by atoms with E-state index < -0.39 is 12.1 Å². The maximum Gasteiger partial charge on any atom is 0.338 e. The van der Waals surface area contributed by atoms with Gasteiger partial charge in [0, 0.05) is 5.56 Å². The van der Waals surface area contributed by atoms with Gasteiger partial charge in [0.05, 0.1) is 23.1 Å². The summed E-state index contributed by atoms with van der Waals surface area (Å²) in [5, 5.41) is 0. The molecule has 1 saturated heterocycles. The lowest BCUT2D eigenvalue weighted by molar-refractivity contribution is -0.123. The Morgan fingerprint density at radius 2 is 1.45 bits per heavy atom. The zero-order chi connectivity index (χ0) is 21.7. The number of Topliss-reactive ketones (excluding diaryl/α,β-unsaturated/α-hetero) is 1. The van der Waals surface area contributed by atoms with Crippen molar-refractivity contribution in [2.75, 3.05) is 4.90 Å². The van der Waals surface area contributed by atoms with Crippen LogP contribution in [0.5, 0.6) is 0 Å². The summed E-state index contributed by atoms with van der Waals surface area (Å²) in [6.45, 7) is 1.54. The van der Waals surface area contributed by atoms with E-state index in [1.165, 1.54) is 24.0 Å². The number of anilines is 1. The molecule has 1 heterocycles. The lowest BCUT2D eigenvalue weighted by Gasteiger charge is -2.19. The number of esters is 1. The summed E-state index contributed by atoms with van der Waals surface area (Å²) < 4.78 is 5.32. The summed E-state index contributed by atoms with van der Waals surface area (Å²) in [6.07, 6.45) is 2.13. The molecular weight excluding hydrogens is 394 g/mol. The molecule has 1 aliphatic heterocycles. The Balaban J connectivity index is 1.28. The molecule has 2 bridgehead atoms. The van der Waals surface area contributed by atoms with Crippen LogP contribution in [0.3, 0.4) is 0 Å². The van der Waals surface area contributed by atoms with Crippen LogP contribution in [0.15, 0.2) is 54.6 Å². The first-order valence-corrected chi connectivity index (χ1v) is 10.7. The number of carbonyl (C=O) groups is 4. The first-order valence-electron chi connectivity index (χ1n) is 10.7. The zero-order valence-corrected chi connectivity index (χ0v) is 17.2. The second-order valence-corrected chi connectivity index (χ2v) is 8.72. The topological polar surface area (TPSA) is 80.8 Å². The van der Waals surface area contributed by atoms with E-state index >= 15 is 0 Å². The number of nitrogens with zero attached hydrogens (tertiary/aromatic N) is 1. The molecule has 0 unspecified atom stereocenters. The number of amides is 2. The van der Waals surface area contributed by atoms with Gasteiger partial charge in [-0.1, -0.05) is 30.3 Å². The summed E-state index contributed by atoms with van der Waals surface area (Å²) in [4.78, 5) is 52.1. The monoisotopic (exact) mass is 417 g/mol. The summed E-state index contributed by atoms with van der Waals surface area (Å²) >= 11 is 0. The van der Waals surface area contributed by atoms with Gasteiger partial charge >= 0.3 is 5.97 Å². The van der Waals surface area contributed by atoms with E-state index in [4.69, 9.17) is 4.74 Å². The van der Waals surface area contributed by atoms with Crippen LogP contribution in [0.2, 0.25) is 0 Å². The molecule has 31 heavy (non-hydrogen) atoms. The number of fused-ring (bicyclic) bond motifs is 5. The highest BCUT2D eigenvalue weighted by Crippen LogP contribution is 2.56. The minimum Gasteiger partial charge on any atom is -0.451 e. The Morgan fingerprint density at radius 1 is 0.871 bits per heavy atom. The van der Waals surface area contributed by atoms with Crippen molar-refractivity contribution in [2.24, 2.45) is 23.7 Å². The van der Waals surface area contributed by atoms with Crippen molar-refractivity contribution in [3.63, 3.8) is 0 Å². The van der Waals surface area contributed by atoms with Crippen molar-refractivity contribution < 1.29 is 23.9 Å². The standard InChI is InChI=1S/C25H23NO5/c1-14(22(27)15-5-3-2-4-6-15)31-25(30)16-9-11-19(12-10-16)26-23(28)20-17-7-8-18(13-17)21(20)24(26)29/h2-6,9-12,14,17-18,20-21H,7-8,13H2,1H3/t14-,17-,18-,20+,21+/m0/s1. The largest absolute Gasteiger partial charge is 0.451 e. The number of ether oxygens (including phenoxy) is 1. The summed E-state index contributed by atoms with van der Waals surface area (Å²) in [5.74, 6) is -0.832. The van der Waals surface area contributed by atoms with E-state index in [-0.39, 0.29) is 35.0 Å². The van der Waals surface area contributed by atoms with Crippen molar-refractivity contribution in [1.82, 2.24) is 0 Å². The Hall–Kier alpha value is -3.28. The normalized spacial score (nSPS) is 27.3. The number of rotatable bonds is 5. The van der Waals surface area contributed by atoms with Crippen LogP contribution in [0, 0.1) is 23.7 Å². The summed E-state index contributed by atoms with van der Waals surface area (Å²) in [6, 6.07) is 14.9. The average Bonchev–Trinajstić information content (AvgIpc) is 3.47. The molecule has 3 fully saturated rings. The Kier molecular flexibility index (Phi) is 4.73. The fraction of sp³-hybridized carbons (Fsp3) is 0.360. The molecule has 2 aromatic carbocycles. The van der Waals surface area contributed by atoms with E-state index in [1.54, 1.807) is 36.4 Å². The van der Waals surface area contributed by atoms with Crippen LogP contribution in [-0.2, 0) is 14.3 Å². The van der Waals surface area contributed by atoms with Gasteiger partial charge < -0.3 is 4.74 Å². The summed E-state index contributed by atoms with van der Waals surface area (Å²) in [5.41, 5.74) is 1.22.